The summed E-state index contributed by atoms with van der Waals surface area (Å²) in [6.07, 6.45) is 3.70. The van der Waals surface area contributed by atoms with Gasteiger partial charge in [0.2, 0.25) is 10.0 Å². The van der Waals surface area contributed by atoms with Crippen LogP contribution >= 0.6 is 0 Å². The topological polar surface area (TPSA) is 101 Å². The molecule has 2 unspecified atom stereocenters. The highest BCUT2D eigenvalue weighted by molar-refractivity contribution is 7.89. The van der Waals surface area contributed by atoms with Gasteiger partial charge >= 0.3 is 0 Å². The van der Waals surface area contributed by atoms with Gasteiger partial charge in [-0.05, 0) is 51.2 Å². The fourth-order valence-electron chi connectivity index (χ4n) is 3.74. The van der Waals surface area contributed by atoms with Gasteiger partial charge in [0.15, 0.2) is 0 Å². The van der Waals surface area contributed by atoms with Crippen LogP contribution in [0.5, 0.6) is 0 Å². The van der Waals surface area contributed by atoms with Crippen molar-refractivity contribution < 1.29 is 13.3 Å². The third-order valence-corrected chi connectivity index (χ3v) is 6.44. The van der Waals surface area contributed by atoms with Crippen LogP contribution in [0.1, 0.15) is 36.8 Å². The minimum Gasteiger partial charge on any atom is -0.311 e. The molecule has 23 heavy (non-hydrogen) atoms. The number of nitrogens with one attached hydrogen (secondary N) is 2. The van der Waals surface area contributed by atoms with E-state index in [0.717, 1.165) is 25.7 Å². The molecule has 2 atom stereocenters. The van der Waals surface area contributed by atoms with Crippen LogP contribution in [0.3, 0.4) is 0 Å². The molecule has 0 radical (unpaired) electrons. The zero-order chi connectivity index (χ0) is 16.8. The summed E-state index contributed by atoms with van der Waals surface area (Å²) < 4.78 is 28.1. The van der Waals surface area contributed by atoms with E-state index in [0.29, 0.717) is 23.2 Å². The Bertz CT molecular complexity index is 735. The second-order valence-electron chi connectivity index (χ2n) is 6.59. The van der Waals surface area contributed by atoms with Crippen molar-refractivity contribution in [1.82, 2.24) is 10.0 Å². The van der Waals surface area contributed by atoms with Gasteiger partial charge in [-0.3, -0.25) is 10.1 Å². The number of nitrogens with zero attached hydrogens (tertiary/aromatic N) is 1. The average Bonchev–Trinajstić information content (AvgIpc) is 2.76. The van der Waals surface area contributed by atoms with Crippen molar-refractivity contribution in [2.75, 3.05) is 0 Å². The van der Waals surface area contributed by atoms with Gasteiger partial charge in [0.05, 0.1) is 9.82 Å². The van der Waals surface area contributed by atoms with Crippen molar-refractivity contribution in [3.05, 3.63) is 33.4 Å². The number of hydrogen-bond donors (Lipinski definition) is 2. The lowest BCUT2D eigenvalue weighted by atomic mass is 10.0. The summed E-state index contributed by atoms with van der Waals surface area (Å²) in [6, 6.07) is 3.35. The molecule has 0 aromatic heterocycles. The molecule has 0 amide bonds. The molecular weight excluding hydrogens is 318 g/mol. The zero-order valence-corrected chi connectivity index (χ0v) is 14.0. The summed E-state index contributed by atoms with van der Waals surface area (Å²) in [5, 5.41) is 14.5. The van der Waals surface area contributed by atoms with E-state index in [4.69, 9.17) is 0 Å². The van der Waals surface area contributed by atoms with Crippen LogP contribution in [0.15, 0.2) is 17.0 Å². The Morgan fingerprint density at radius 1 is 1.17 bits per heavy atom. The summed E-state index contributed by atoms with van der Waals surface area (Å²) in [5.41, 5.74) is 0.824. The van der Waals surface area contributed by atoms with Gasteiger partial charge in [0.25, 0.3) is 5.69 Å². The molecule has 3 rings (SSSR count). The second kappa shape index (κ2) is 5.85. The van der Waals surface area contributed by atoms with Crippen LogP contribution in [-0.2, 0) is 10.0 Å². The first kappa shape index (κ1) is 16.4. The molecule has 2 N–H and O–H groups in total. The quantitative estimate of drug-likeness (QED) is 0.643. The first-order chi connectivity index (χ1) is 10.8. The van der Waals surface area contributed by atoms with Gasteiger partial charge in [-0.15, -0.1) is 0 Å². The average molecular weight is 339 g/mol. The third-order valence-electron chi connectivity index (χ3n) is 4.77. The monoisotopic (exact) mass is 339 g/mol. The summed E-state index contributed by atoms with van der Waals surface area (Å²) in [7, 11) is -3.76. The Balaban J connectivity index is 1.87. The van der Waals surface area contributed by atoms with E-state index in [9.17, 15) is 18.5 Å². The van der Waals surface area contributed by atoms with Crippen molar-refractivity contribution in [2.45, 2.75) is 62.6 Å². The maximum atomic E-state index is 12.7. The van der Waals surface area contributed by atoms with Crippen molar-refractivity contribution >= 4 is 15.7 Å². The first-order valence-electron chi connectivity index (χ1n) is 7.80. The normalized spacial score (nSPS) is 27.1. The molecule has 126 valence electrons. The Labute approximate surface area is 135 Å². The minimum atomic E-state index is -3.76. The van der Waals surface area contributed by atoms with Crippen molar-refractivity contribution in [3.63, 3.8) is 0 Å². The van der Waals surface area contributed by atoms with Crippen LogP contribution < -0.4 is 10.0 Å². The standard InChI is InChI=1S/C15H21N3O4S/c1-9-5-10(2)15(8-14(9)18(19)20)23(21,22)17-13-6-11-3-4-12(7-13)16-11/h5,8,11-13,16-17H,3-4,6-7H2,1-2H3. The smallest absolute Gasteiger partial charge is 0.273 e. The molecule has 2 fully saturated rings. The summed E-state index contributed by atoms with van der Waals surface area (Å²) in [5.74, 6) is 0. The van der Waals surface area contributed by atoms with Crippen molar-refractivity contribution in [2.24, 2.45) is 0 Å². The number of piperidine rings is 1. The summed E-state index contributed by atoms with van der Waals surface area (Å²) in [4.78, 5) is 10.5. The summed E-state index contributed by atoms with van der Waals surface area (Å²) >= 11 is 0. The fourth-order valence-corrected chi connectivity index (χ4v) is 5.25. The van der Waals surface area contributed by atoms with Crippen molar-refractivity contribution in [3.8, 4) is 0 Å². The van der Waals surface area contributed by atoms with E-state index in [2.05, 4.69) is 10.0 Å². The predicted molar refractivity (Wildman–Crippen MR) is 85.9 cm³/mol. The molecule has 7 nitrogen and oxygen atoms in total. The number of nitro groups is 1. The highest BCUT2D eigenvalue weighted by atomic mass is 32.2. The lowest BCUT2D eigenvalue weighted by Crippen LogP contribution is -2.48. The lowest BCUT2D eigenvalue weighted by Gasteiger charge is -2.29. The molecule has 1 aromatic carbocycles. The van der Waals surface area contributed by atoms with Crippen LogP contribution in [-0.4, -0.2) is 31.5 Å². The SMILES string of the molecule is Cc1cc(C)c(S(=O)(=O)NC2CC3CCC(C2)N3)cc1[N+](=O)[O-]. The Morgan fingerprint density at radius 3 is 2.35 bits per heavy atom. The number of benzene rings is 1. The summed E-state index contributed by atoms with van der Waals surface area (Å²) in [6.45, 7) is 3.27. The Morgan fingerprint density at radius 2 is 1.78 bits per heavy atom. The molecule has 0 saturated carbocycles. The number of nitro benzene ring substituents is 1. The Kier molecular flexibility index (Phi) is 4.16. The molecule has 2 heterocycles. The molecule has 0 aliphatic carbocycles. The van der Waals surface area contributed by atoms with Gasteiger partial charge in [-0.1, -0.05) is 0 Å². The molecule has 2 bridgehead atoms. The second-order valence-corrected chi connectivity index (χ2v) is 8.27. The van der Waals surface area contributed by atoms with Gasteiger partial charge in [0.1, 0.15) is 0 Å². The molecule has 0 spiro atoms. The number of aryl methyl sites for hydroxylation is 2. The molecule has 1 aromatic rings. The fraction of sp³-hybridized carbons (Fsp3) is 0.600. The number of fused-ring (bicyclic) bond motifs is 2. The first-order valence-corrected chi connectivity index (χ1v) is 9.28. The minimum absolute atomic E-state index is 0.000629. The van der Waals surface area contributed by atoms with Crippen LogP contribution in [0.25, 0.3) is 0 Å². The molecule has 2 aliphatic rings. The van der Waals surface area contributed by atoms with E-state index in [-0.39, 0.29) is 16.6 Å². The van der Waals surface area contributed by atoms with Gasteiger partial charge in [-0.25, -0.2) is 13.1 Å². The molecular formula is C15H21N3O4S. The largest absolute Gasteiger partial charge is 0.311 e. The number of rotatable bonds is 4. The maximum Gasteiger partial charge on any atom is 0.273 e. The van der Waals surface area contributed by atoms with Gasteiger partial charge in [-0.2, -0.15) is 0 Å². The lowest BCUT2D eigenvalue weighted by molar-refractivity contribution is -0.385. The predicted octanol–water partition coefficient (Wildman–Crippen LogP) is 1.77. The Hall–Kier alpha value is -1.51. The van der Waals surface area contributed by atoms with Crippen LogP contribution in [0.4, 0.5) is 5.69 Å². The van der Waals surface area contributed by atoms with E-state index >= 15 is 0 Å². The third kappa shape index (κ3) is 3.24. The molecule has 2 saturated heterocycles. The van der Waals surface area contributed by atoms with Crippen molar-refractivity contribution in [1.29, 1.82) is 0 Å². The highest BCUT2D eigenvalue weighted by Crippen LogP contribution is 2.29. The zero-order valence-electron chi connectivity index (χ0n) is 13.2. The van der Waals surface area contributed by atoms with Gasteiger partial charge in [0, 0.05) is 29.8 Å². The highest BCUT2D eigenvalue weighted by Gasteiger charge is 2.36. The van der Waals surface area contributed by atoms with Gasteiger partial charge < -0.3 is 5.32 Å². The van der Waals surface area contributed by atoms with E-state index in [1.54, 1.807) is 19.9 Å². The van der Waals surface area contributed by atoms with Crippen LogP contribution in [0, 0.1) is 24.0 Å². The van der Waals surface area contributed by atoms with E-state index in [1.807, 2.05) is 0 Å². The molecule has 2 aliphatic heterocycles. The molecule has 8 heteroatoms. The van der Waals surface area contributed by atoms with Crippen LogP contribution in [0.2, 0.25) is 0 Å². The van der Waals surface area contributed by atoms with E-state index < -0.39 is 14.9 Å². The maximum absolute atomic E-state index is 12.7. The van der Waals surface area contributed by atoms with E-state index in [1.165, 1.54) is 6.07 Å². The number of sulfonamides is 1. The number of hydrogen-bond acceptors (Lipinski definition) is 5.